The van der Waals surface area contributed by atoms with Crippen molar-refractivity contribution in [3.63, 3.8) is 0 Å². The van der Waals surface area contributed by atoms with Gasteiger partial charge in [-0.3, -0.25) is 5.41 Å². The van der Waals surface area contributed by atoms with E-state index in [4.69, 9.17) is 10.1 Å². The maximum Gasteiger partial charge on any atom is 0.228 e. The van der Waals surface area contributed by atoms with Crippen LogP contribution in [0.5, 0.6) is 5.75 Å². The number of methoxy groups -OCH3 is 1. The fraction of sp³-hybridized carbons (Fsp3) is 0.308. The van der Waals surface area contributed by atoms with Crippen molar-refractivity contribution in [2.75, 3.05) is 12.4 Å². The topological polar surface area (TPSA) is 70.9 Å². The van der Waals surface area contributed by atoms with Gasteiger partial charge in [0.05, 0.1) is 24.2 Å². The van der Waals surface area contributed by atoms with Crippen LogP contribution in [0.2, 0.25) is 0 Å². The Balaban J connectivity index is 2.60. The van der Waals surface area contributed by atoms with Crippen molar-refractivity contribution in [2.45, 2.75) is 20.3 Å². The number of hydrogen-bond donors (Lipinski definition) is 2. The molecule has 0 saturated carbocycles. The van der Waals surface area contributed by atoms with Crippen LogP contribution < -0.4 is 10.1 Å². The van der Waals surface area contributed by atoms with Crippen molar-refractivity contribution in [3.05, 3.63) is 23.9 Å². The van der Waals surface area contributed by atoms with E-state index >= 15 is 0 Å². The molecule has 0 spiro atoms. The van der Waals surface area contributed by atoms with Gasteiger partial charge in [-0.2, -0.15) is 0 Å². The zero-order valence-corrected chi connectivity index (χ0v) is 10.7. The molecule has 0 radical (unpaired) electrons. The first-order valence-corrected chi connectivity index (χ1v) is 5.81. The summed E-state index contributed by atoms with van der Waals surface area (Å²) >= 11 is 0. The number of aromatic nitrogens is 2. The van der Waals surface area contributed by atoms with Gasteiger partial charge in [0, 0.05) is 11.5 Å². The minimum atomic E-state index is 0.319. The molecule has 0 atom stereocenters. The first-order valence-electron chi connectivity index (χ1n) is 5.81. The van der Waals surface area contributed by atoms with E-state index < -0.39 is 0 Å². The van der Waals surface area contributed by atoms with E-state index in [9.17, 15) is 0 Å². The average molecular weight is 244 g/mol. The third-order valence-corrected chi connectivity index (χ3v) is 2.62. The molecule has 94 valence electrons. The number of aryl methyl sites for hydroxylation is 1. The highest BCUT2D eigenvalue weighted by Crippen LogP contribution is 2.23. The van der Waals surface area contributed by atoms with Gasteiger partial charge >= 0.3 is 0 Å². The Kier molecular flexibility index (Phi) is 3.41. The molecule has 5 heteroatoms. The molecule has 0 saturated heterocycles. The molecule has 2 N–H and O–H groups in total. The SMILES string of the molecule is CCc1nc(NC(C)=N)nc2cc(OC)ccc12. The fourth-order valence-corrected chi connectivity index (χ4v) is 1.80. The molecule has 1 aromatic carbocycles. The first-order chi connectivity index (χ1) is 8.63. The highest BCUT2D eigenvalue weighted by Gasteiger charge is 2.07. The van der Waals surface area contributed by atoms with Gasteiger partial charge in [0.1, 0.15) is 5.75 Å². The zero-order chi connectivity index (χ0) is 13.1. The Labute approximate surface area is 106 Å². The van der Waals surface area contributed by atoms with Crippen LogP contribution in [0, 0.1) is 5.41 Å². The lowest BCUT2D eigenvalue weighted by Gasteiger charge is -2.09. The Morgan fingerprint density at radius 1 is 1.39 bits per heavy atom. The number of fused-ring (bicyclic) bond motifs is 1. The van der Waals surface area contributed by atoms with Gasteiger partial charge in [-0.25, -0.2) is 9.97 Å². The van der Waals surface area contributed by atoms with Crippen LogP contribution in [0.1, 0.15) is 19.5 Å². The molecule has 2 aromatic rings. The van der Waals surface area contributed by atoms with Gasteiger partial charge in [0.15, 0.2) is 0 Å². The summed E-state index contributed by atoms with van der Waals surface area (Å²) < 4.78 is 5.19. The Bertz CT molecular complexity index is 595. The van der Waals surface area contributed by atoms with E-state index in [0.717, 1.165) is 28.8 Å². The smallest absolute Gasteiger partial charge is 0.228 e. The van der Waals surface area contributed by atoms with Crippen LogP contribution in [0.15, 0.2) is 18.2 Å². The first kappa shape index (κ1) is 12.3. The average Bonchev–Trinajstić information content (AvgIpc) is 2.36. The molecule has 18 heavy (non-hydrogen) atoms. The lowest BCUT2D eigenvalue weighted by Crippen LogP contribution is -2.10. The molecule has 0 amide bonds. The maximum atomic E-state index is 7.43. The lowest BCUT2D eigenvalue weighted by molar-refractivity contribution is 0.415. The second-order valence-electron chi connectivity index (χ2n) is 3.98. The van der Waals surface area contributed by atoms with E-state index in [1.807, 2.05) is 25.1 Å². The largest absolute Gasteiger partial charge is 0.497 e. The van der Waals surface area contributed by atoms with Gasteiger partial charge in [-0.1, -0.05) is 6.92 Å². The van der Waals surface area contributed by atoms with Crippen LogP contribution in [-0.2, 0) is 6.42 Å². The molecule has 0 aliphatic heterocycles. The Hall–Kier alpha value is -2.17. The van der Waals surface area contributed by atoms with Crippen LogP contribution in [-0.4, -0.2) is 22.9 Å². The van der Waals surface area contributed by atoms with E-state index in [2.05, 4.69) is 15.3 Å². The fourth-order valence-electron chi connectivity index (χ4n) is 1.80. The molecule has 0 aliphatic rings. The lowest BCUT2D eigenvalue weighted by atomic mass is 10.1. The third-order valence-electron chi connectivity index (χ3n) is 2.62. The van der Waals surface area contributed by atoms with Crippen molar-refractivity contribution in [1.82, 2.24) is 9.97 Å². The number of anilines is 1. The molecule has 0 aliphatic carbocycles. The van der Waals surface area contributed by atoms with Gasteiger partial charge in [0.25, 0.3) is 0 Å². The molecular weight excluding hydrogens is 228 g/mol. The number of rotatable bonds is 3. The predicted octanol–water partition coefficient (Wildman–Crippen LogP) is 2.61. The quantitative estimate of drug-likeness (QED) is 0.643. The molecule has 0 bridgehead atoms. The van der Waals surface area contributed by atoms with Gasteiger partial charge in [-0.15, -0.1) is 0 Å². The molecule has 0 unspecified atom stereocenters. The van der Waals surface area contributed by atoms with Crippen molar-refractivity contribution < 1.29 is 4.74 Å². The van der Waals surface area contributed by atoms with Crippen molar-refractivity contribution >= 4 is 22.7 Å². The monoisotopic (exact) mass is 244 g/mol. The minimum Gasteiger partial charge on any atom is -0.497 e. The Morgan fingerprint density at radius 2 is 2.17 bits per heavy atom. The van der Waals surface area contributed by atoms with Gasteiger partial charge < -0.3 is 10.1 Å². The van der Waals surface area contributed by atoms with Crippen molar-refractivity contribution in [1.29, 1.82) is 5.41 Å². The summed E-state index contributed by atoms with van der Waals surface area (Å²) in [5.41, 5.74) is 1.79. The highest BCUT2D eigenvalue weighted by molar-refractivity contribution is 5.91. The maximum absolute atomic E-state index is 7.43. The van der Waals surface area contributed by atoms with Crippen molar-refractivity contribution in [2.24, 2.45) is 0 Å². The third kappa shape index (κ3) is 2.40. The summed E-state index contributed by atoms with van der Waals surface area (Å²) in [6, 6.07) is 5.74. The summed E-state index contributed by atoms with van der Waals surface area (Å²) in [4.78, 5) is 8.80. The second kappa shape index (κ2) is 5.00. The summed E-state index contributed by atoms with van der Waals surface area (Å²) in [5, 5.41) is 11.3. The molecule has 2 rings (SSSR count). The minimum absolute atomic E-state index is 0.319. The summed E-state index contributed by atoms with van der Waals surface area (Å²) in [6.07, 6.45) is 0.817. The number of nitrogens with one attached hydrogen (secondary N) is 2. The van der Waals surface area contributed by atoms with Crippen LogP contribution >= 0.6 is 0 Å². The zero-order valence-electron chi connectivity index (χ0n) is 10.7. The van der Waals surface area contributed by atoms with Crippen LogP contribution in [0.3, 0.4) is 0 Å². The summed E-state index contributed by atoms with van der Waals surface area (Å²) in [6.45, 7) is 3.71. The van der Waals surface area contributed by atoms with Gasteiger partial charge in [-0.05, 0) is 25.5 Å². The number of amidine groups is 1. The van der Waals surface area contributed by atoms with E-state index in [-0.39, 0.29) is 0 Å². The molecule has 5 nitrogen and oxygen atoms in total. The van der Waals surface area contributed by atoms with Crippen LogP contribution in [0.4, 0.5) is 5.95 Å². The number of benzene rings is 1. The molecular formula is C13H16N4O. The summed E-state index contributed by atoms with van der Waals surface area (Å²) in [7, 11) is 1.63. The van der Waals surface area contributed by atoms with Gasteiger partial charge in [0.2, 0.25) is 5.95 Å². The number of ether oxygens (including phenoxy) is 1. The highest BCUT2D eigenvalue weighted by atomic mass is 16.5. The van der Waals surface area contributed by atoms with Crippen molar-refractivity contribution in [3.8, 4) is 5.75 Å². The van der Waals surface area contributed by atoms with E-state index in [1.54, 1.807) is 14.0 Å². The van der Waals surface area contributed by atoms with E-state index in [1.165, 1.54) is 0 Å². The molecule has 1 heterocycles. The number of nitrogens with zero attached hydrogens (tertiary/aromatic N) is 2. The number of hydrogen-bond acceptors (Lipinski definition) is 4. The standard InChI is InChI=1S/C13H16N4O/c1-4-11-10-6-5-9(18-3)7-12(10)17-13(16-11)15-8(2)14/h5-7H,4H2,1-3H3,(H2,14,15,16,17). The normalized spacial score (nSPS) is 10.4. The van der Waals surface area contributed by atoms with Crippen LogP contribution in [0.25, 0.3) is 10.9 Å². The molecule has 0 fully saturated rings. The molecule has 1 aromatic heterocycles. The van der Waals surface area contributed by atoms with E-state index in [0.29, 0.717) is 11.8 Å². The second-order valence-corrected chi connectivity index (χ2v) is 3.98. The Morgan fingerprint density at radius 3 is 2.78 bits per heavy atom. The predicted molar refractivity (Wildman–Crippen MR) is 72.5 cm³/mol. The summed E-state index contributed by atoms with van der Waals surface area (Å²) in [5.74, 6) is 1.54.